The fourth-order valence-corrected chi connectivity index (χ4v) is 1.70. The standard InChI is InChI=1S/C10H19ClN4O2/c1-6(16)7(5-11)9(17)8(12)3-2-4-15-10(13)14/h7-8H,2-5,12H2,1H3,(H4,13,14,15). The van der Waals surface area contributed by atoms with E-state index < -0.39 is 12.0 Å². The molecule has 0 spiro atoms. The third kappa shape index (κ3) is 6.23. The van der Waals surface area contributed by atoms with Crippen molar-refractivity contribution in [1.82, 2.24) is 5.32 Å². The van der Waals surface area contributed by atoms with Crippen LogP contribution in [0.15, 0.2) is 0 Å². The number of halogens is 1. The van der Waals surface area contributed by atoms with E-state index >= 15 is 0 Å². The minimum Gasteiger partial charge on any atom is -0.370 e. The highest BCUT2D eigenvalue weighted by Crippen LogP contribution is 2.08. The third-order valence-electron chi connectivity index (χ3n) is 2.36. The molecule has 0 rings (SSSR count). The summed E-state index contributed by atoms with van der Waals surface area (Å²) in [5.41, 5.74) is 10.8. The van der Waals surface area contributed by atoms with Gasteiger partial charge < -0.3 is 16.8 Å². The molecule has 0 radical (unpaired) electrons. The highest BCUT2D eigenvalue weighted by molar-refractivity contribution is 6.22. The Labute approximate surface area is 106 Å². The van der Waals surface area contributed by atoms with Gasteiger partial charge in [-0.3, -0.25) is 15.0 Å². The molecule has 0 aliphatic carbocycles. The van der Waals surface area contributed by atoms with Gasteiger partial charge in [0, 0.05) is 12.4 Å². The van der Waals surface area contributed by atoms with Crippen LogP contribution in [0.25, 0.3) is 0 Å². The van der Waals surface area contributed by atoms with E-state index in [4.69, 9.17) is 28.5 Å². The van der Waals surface area contributed by atoms with Gasteiger partial charge in [-0.2, -0.15) is 0 Å². The Balaban J connectivity index is 4.04. The van der Waals surface area contributed by atoms with Crippen LogP contribution in [0.2, 0.25) is 0 Å². The van der Waals surface area contributed by atoms with Crippen LogP contribution in [-0.4, -0.2) is 36.0 Å². The van der Waals surface area contributed by atoms with E-state index in [1.54, 1.807) is 0 Å². The maximum Gasteiger partial charge on any atom is 0.185 e. The number of nitrogens with two attached hydrogens (primary N) is 2. The van der Waals surface area contributed by atoms with E-state index in [0.717, 1.165) is 0 Å². The maximum absolute atomic E-state index is 11.7. The summed E-state index contributed by atoms with van der Waals surface area (Å²) in [5, 5.41) is 9.53. The molecule has 98 valence electrons. The van der Waals surface area contributed by atoms with Crippen LogP contribution in [0.3, 0.4) is 0 Å². The molecule has 0 saturated carbocycles. The molecule has 7 heteroatoms. The molecule has 0 aromatic rings. The average Bonchev–Trinajstić information content (AvgIpc) is 2.24. The molecule has 2 atom stereocenters. The fourth-order valence-electron chi connectivity index (χ4n) is 1.33. The Hall–Kier alpha value is -1.14. The van der Waals surface area contributed by atoms with Gasteiger partial charge in [0.1, 0.15) is 5.78 Å². The highest BCUT2D eigenvalue weighted by Gasteiger charge is 2.26. The average molecular weight is 263 g/mol. The summed E-state index contributed by atoms with van der Waals surface area (Å²) < 4.78 is 0. The largest absolute Gasteiger partial charge is 0.370 e. The number of carbonyl (C=O) groups is 2. The Morgan fingerprint density at radius 3 is 2.47 bits per heavy atom. The van der Waals surface area contributed by atoms with Crippen LogP contribution < -0.4 is 16.8 Å². The van der Waals surface area contributed by atoms with Gasteiger partial charge in [-0.25, -0.2) is 0 Å². The number of ketones is 2. The summed E-state index contributed by atoms with van der Waals surface area (Å²) in [4.78, 5) is 22.8. The molecule has 6 nitrogen and oxygen atoms in total. The molecule has 0 saturated heterocycles. The van der Waals surface area contributed by atoms with Crippen molar-refractivity contribution >= 4 is 29.1 Å². The number of guanidine groups is 1. The monoisotopic (exact) mass is 262 g/mol. The van der Waals surface area contributed by atoms with Gasteiger partial charge in [0.2, 0.25) is 0 Å². The van der Waals surface area contributed by atoms with Crippen LogP contribution in [0.5, 0.6) is 0 Å². The number of carbonyl (C=O) groups excluding carboxylic acids is 2. The van der Waals surface area contributed by atoms with Crippen molar-refractivity contribution in [1.29, 1.82) is 5.41 Å². The van der Waals surface area contributed by atoms with Crippen molar-refractivity contribution in [3.8, 4) is 0 Å². The number of rotatable bonds is 8. The Bertz CT molecular complexity index is 296. The normalized spacial score (nSPS) is 13.8. The summed E-state index contributed by atoms with van der Waals surface area (Å²) in [6.45, 7) is 1.80. The smallest absolute Gasteiger partial charge is 0.185 e. The predicted octanol–water partition coefficient (Wildman–Crippen LogP) is -0.410. The summed E-state index contributed by atoms with van der Waals surface area (Å²) in [7, 11) is 0. The molecule has 0 bridgehead atoms. The van der Waals surface area contributed by atoms with Crippen molar-refractivity contribution in [2.24, 2.45) is 17.4 Å². The first kappa shape index (κ1) is 15.9. The second-order valence-electron chi connectivity index (χ2n) is 3.81. The molecule has 17 heavy (non-hydrogen) atoms. The zero-order valence-electron chi connectivity index (χ0n) is 9.83. The lowest BCUT2D eigenvalue weighted by atomic mass is 9.94. The molecule has 0 amide bonds. The summed E-state index contributed by atoms with van der Waals surface area (Å²) >= 11 is 5.55. The SMILES string of the molecule is CC(=O)C(CCl)C(=O)C(N)CCCNC(=N)N. The summed E-state index contributed by atoms with van der Waals surface area (Å²) in [5.74, 6) is -1.55. The molecule has 2 unspecified atom stereocenters. The van der Waals surface area contributed by atoms with Gasteiger partial charge in [0.25, 0.3) is 0 Å². The lowest BCUT2D eigenvalue weighted by molar-refractivity contribution is -0.131. The number of hydrogen-bond donors (Lipinski definition) is 4. The number of alkyl halides is 1. The van der Waals surface area contributed by atoms with Gasteiger partial charge >= 0.3 is 0 Å². The van der Waals surface area contributed by atoms with Gasteiger partial charge in [0.15, 0.2) is 11.7 Å². The van der Waals surface area contributed by atoms with E-state index in [2.05, 4.69) is 5.32 Å². The lowest BCUT2D eigenvalue weighted by Gasteiger charge is -2.15. The quantitative estimate of drug-likeness (QED) is 0.156. The van der Waals surface area contributed by atoms with Crippen molar-refractivity contribution < 1.29 is 9.59 Å². The Morgan fingerprint density at radius 2 is 2.06 bits per heavy atom. The van der Waals surface area contributed by atoms with Crippen LogP contribution in [0.4, 0.5) is 0 Å². The van der Waals surface area contributed by atoms with E-state index in [1.807, 2.05) is 0 Å². The zero-order chi connectivity index (χ0) is 13.4. The van der Waals surface area contributed by atoms with Crippen LogP contribution in [0.1, 0.15) is 19.8 Å². The summed E-state index contributed by atoms with van der Waals surface area (Å²) in [6, 6.07) is -0.698. The van der Waals surface area contributed by atoms with Gasteiger partial charge in [0.05, 0.1) is 12.0 Å². The highest BCUT2D eigenvalue weighted by atomic mass is 35.5. The van der Waals surface area contributed by atoms with Crippen LogP contribution in [-0.2, 0) is 9.59 Å². The maximum atomic E-state index is 11.7. The Morgan fingerprint density at radius 1 is 1.47 bits per heavy atom. The molecule has 0 fully saturated rings. The van der Waals surface area contributed by atoms with Crippen molar-refractivity contribution in [3.05, 3.63) is 0 Å². The zero-order valence-corrected chi connectivity index (χ0v) is 10.6. The van der Waals surface area contributed by atoms with Crippen molar-refractivity contribution in [3.63, 3.8) is 0 Å². The van der Waals surface area contributed by atoms with Crippen LogP contribution in [0, 0.1) is 11.3 Å². The topological polar surface area (TPSA) is 122 Å². The van der Waals surface area contributed by atoms with Crippen LogP contribution >= 0.6 is 11.6 Å². The van der Waals surface area contributed by atoms with E-state index in [0.29, 0.717) is 19.4 Å². The molecule has 0 aliphatic heterocycles. The second-order valence-corrected chi connectivity index (χ2v) is 4.12. The van der Waals surface area contributed by atoms with Crippen molar-refractivity contribution in [2.75, 3.05) is 12.4 Å². The molecule has 0 heterocycles. The van der Waals surface area contributed by atoms with E-state index in [9.17, 15) is 9.59 Å². The van der Waals surface area contributed by atoms with E-state index in [1.165, 1.54) is 6.92 Å². The first-order valence-electron chi connectivity index (χ1n) is 5.33. The third-order valence-corrected chi connectivity index (χ3v) is 2.67. The second kappa shape index (κ2) is 8.03. The van der Waals surface area contributed by atoms with Crippen molar-refractivity contribution in [2.45, 2.75) is 25.8 Å². The number of hydrogen-bond acceptors (Lipinski definition) is 4. The molecule has 0 aromatic heterocycles. The minimum atomic E-state index is -0.813. The lowest BCUT2D eigenvalue weighted by Crippen LogP contribution is -2.40. The predicted molar refractivity (Wildman–Crippen MR) is 67.0 cm³/mol. The van der Waals surface area contributed by atoms with Gasteiger partial charge in [-0.05, 0) is 19.8 Å². The molecule has 0 aromatic carbocycles. The first-order valence-corrected chi connectivity index (χ1v) is 5.87. The number of Topliss-reactive ketones (excluding diaryl/α,β-unsaturated/α-hetero) is 2. The fraction of sp³-hybridized carbons (Fsp3) is 0.700. The minimum absolute atomic E-state index is 0.0342. The van der Waals surface area contributed by atoms with E-state index in [-0.39, 0.29) is 23.4 Å². The van der Waals surface area contributed by atoms with Gasteiger partial charge in [-0.15, -0.1) is 11.6 Å². The Kier molecular flexibility index (Phi) is 7.49. The molecule has 0 aliphatic rings. The molecule has 6 N–H and O–H groups in total. The number of nitrogens with one attached hydrogen (secondary N) is 2. The first-order chi connectivity index (χ1) is 7.90. The molecular weight excluding hydrogens is 244 g/mol. The van der Waals surface area contributed by atoms with Gasteiger partial charge in [-0.1, -0.05) is 0 Å². The summed E-state index contributed by atoms with van der Waals surface area (Å²) in [6.07, 6.45) is 1.03. The molecular formula is C10H19ClN4O2.